The van der Waals surface area contributed by atoms with E-state index in [1.54, 1.807) is 6.07 Å². The molecular weight excluding hydrogens is 453 g/mol. The van der Waals surface area contributed by atoms with Crippen molar-refractivity contribution in [3.63, 3.8) is 0 Å². The highest BCUT2D eigenvalue weighted by Crippen LogP contribution is 2.28. The number of esters is 1. The standard InChI is InChI=1S/C19H17Cl2N3O5S/c1-10(29-15-7-6-13(20)9-14(15)21)16(25)23-24-19(30)22-17(26)11-4-3-5-12(8-11)18(27)28-2/h3-10H,1-2H3,(H,23,25)(H2,22,24,26,30). The molecule has 0 aliphatic carbocycles. The third-order valence-corrected chi connectivity index (χ3v) is 4.37. The van der Waals surface area contributed by atoms with Gasteiger partial charge >= 0.3 is 5.97 Å². The van der Waals surface area contributed by atoms with Crippen LogP contribution < -0.4 is 20.9 Å². The molecular formula is C19H17Cl2N3O5S. The van der Waals surface area contributed by atoms with Gasteiger partial charge in [-0.25, -0.2) is 4.79 Å². The fourth-order valence-electron chi connectivity index (χ4n) is 2.15. The summed E-state index contributed by atoms with van der Waals surface area (Å²) in [6, 6.07) is 10.5. The van der Waals surface area contributed by atoms with Crippen molar-refractivity contribution >= 4 is 58.3 Å². The Hall–Kier alpha value is -2.88. The smallest absolute Gasteiger partial charge is 0.337 e. The van der Waals surface area contributed by atoms with Crippen molar-refractivity contribution in [2.45, 2.75) is 13.0 Å². The van der Waals surface area contributed by atoms with Crippen molar-refractivity contribution in [1.82, 2.24) is 16.2 Å². The third kappa shape index (κ3) is 6.58. The summed E-state index contributed by atoms with van der Waals surface area (Å²) in [7, 11) is 1.24. The highest BCUT2D eigenvalue weighted by atomic mass is 35.5. The summed E-state index contributed by atoms with van der Waals surface area (Å²) in [6.45, 7) is 1.50. The number of carbonyl (C=O) groups excluding carboxylic acids is 3. The fourth-order valence-corrected chi connectivity index (χ4v) is 2.74. The predicted molar refractivity (Wildman–Crippen MR) is 116 cm³/mol. The normalized spacial score (nSPS) is 11.1. The minimum atomic E-state index is -0.925. The lowest BCUT2D eigenvalue weighted by Crippen LogP contribution is -2.51. The van der Waals surface area contributed by atoms with Crippen LogP contribution in [0.15, 0.2) is 42.5 Å². The van der Waals surface area contributed by atoms with Crippen molar-refractivity contribution in [1.29, 1.82) is 0 Å². The Morgan fingerprint density at radius 2 is 1.73 bits per heavy atom. The summed E-state index contributed by atoms with van der Waals surface area (Å²) >= 11 is 16.8. The van der Waals surface area contributed by atoms with E-state index in [9.17, 15) is 14.4 Å². The van der Waals surface area contributed by atoms with Gasteiger partial charge in [0.25, 0.3) is 11.8 Å². The molecule has 8 nitrogen and oxygen atoms in total. The van der Waals surface area contributed by atoms with E-state index in [0.717, 1.165) is 0 Å². The molecule has 30 heavy (non-hydrogen) atoms. The van der Waals surface area contributed by atoms with Crippen LogP contribution in [0.3, 0.4) is 0 Å². The monoisotopic (exact) mass is 469 g/mol. The van der Waals surface area contributed by atoms with Gasteiger partial charge in [0.05, 0.1) is 17.7 Å². The minimum Gasteiger partial charge on any atom is -0.479 e. The Labute approximate surface area is 187 Å². The highest BCUT2D eigenvalue weighted by molar-refractivity contribution is 7.80. The average molecular weight is 470 g/mol. The molecule has 2 aromatic rings. The van der Waals surface area contributed by atoms with E-state index in [-0.39, 0.29) is 27.0 Å². The number of halogens is 2. The minimum absolute atomic E-state index is 0.159. The number of hydrogen-bond acceptors (Lipinski definition) is 6. The molecule has 0 fully saturated rings. The molecule has 0 aromatic heterocycles. The quantitative estimate of drug-likeness (QED) is 0.351. The molecule has 2 aromatic carbocycles. The molecule has 0 saturated carbocycles. The molecule has 1 atom stereocenters. The largest absolute Gasteiger partial charge is 0.479 e. The molecule has 11 heteroatoms. The zero-order valence-electron chi connectivity index (χ0n) is 15.8. The second kappa shape index (κ2) is 10.8. The molecule has 0 heterocycles. The van der Waals surface area contributed by atoms with Gasteiger partial charge in [0.15, 0.2) is 11.2 Å². The van der Waals surface area contributed by atoms with E-state index in [1.807, 2.05) is 0 Å². The molecule has 3 N–H and O–H groups in total. The molecule has 1 unspecified atom stereocenters. The van der Waals surface area contributed by atoms with Crippen LogP contribution in [0.1, 0.15) is 27.6 Å². The molecule has 158 valence electrons. The van der Waals surface area contributed by atoms with Crippen molar-refractivity contribution in [2.75, 3.05) is 7.11 Å². The van der Waals surface area contributed by atoms with Crippen molar-refractivity contribution in [3.05, 3.63) is 63.6 Å². The summed E-state index contributed by atoms with van der Waals surface area (Å²) in [5, 5.41) is 2.91. The Balaban J connectivity index is 1.86. The number of hydrogen-bond donors (Lipinski definition) is 3. The Bertz CT molecular complexity index is 986. The van der Waals surface area contributed by atoms with Crippen LogP contribution in [-0.4, -0.2) is 36.1 Å². The number of rotatable bonds is 5. The van der Waals surface area contributed by atoms with Gasteiger partial charge in [-0.1, -0.05) is 29.3 Å². The Kier molecular flexibility index (Phi) is 8.40. The van der Waals surface area contributed by atoms with Crippen molar-refractivity contribution in [3.8, 4) is 5.75 Å². The van der Waals surface area contributed by atoms with E-state index in [0.29, 0.717) is 5.02 Å². The van der Waals surface area contributed by atoms with Gasteiger partial charge in [-0.05, 0) is 55.5 Å². The van der Waals surface area contributed by atoms with Gasteiger partial charge < -0.3 is 9.47 Å². The molecule has 0 saturated heterocycles. The van der Waals surface area contributed by atoms with Crippen molar-refractivity contribution < 1.29 is 23.9 Å². The molecule has 0 aliphatic heterocycles. The third-order valence-electron chi connectivity index (χ3n) is 3.64. The molecule has 0 aliphatic rings. The number of thiocarbonyl (C=S) groups is 1. The van der Waals surface area contributed by atoms with Gasteiger partial charge in [-0.15, -0.1) is 0 Å². The van der Waals surface area contributed by atoms with Crippen LogP contribution in [0.25, 0.3) is 0 Å². The summed E-state index contributed by atoms with van der Waals surface area (Å²) in [6.07, 6.45) is -0.925. The lowest BCUT2D eigenvalue weighted by Gasteiger charge is -2.17. The van der Waals surface area contributed by atoms with Gasteiger partial charge in [0.1, 0.15) is 5.75 Å². The summed E-state index contributed by atoms with van der Waals surface area (Å²) < 4.78 is 10.1. The summed E-state index contributed by atoms with van der Waals surface area (Å²) in [5.74, 6) is -1.44. The van der Waals surface area contributed by atoms with Gasteiger partial charge in [-0.3, -0.25) is 25.8 Å². The van der Waals surface area contributed by atoms with Crippen LogP contribution in [0.5, 0.6) is 5.75 Å². The van der Waals surface area contributed by atoms with E-state index in [4.69, 9.17) is 40.2 Å². The number of benzene rings is 2. The van der Waals surface area contributed by atoms with Crippen LogP contribution in [0.2, 0.25) is 10.0 Å². The lowest BCUT2D eigenvalue weighted by atomic mass is 10.1. The molecule has 2 rings (SSSR count). The van der Waals surface area contributed by atoms with Crippen LogP contribution >= 0.6 is 35.4 Å². The average Bonchev–Trinajstić information content (AvgIpc) is 2.73. The molecule has 2 amide bonds. The zero-order valence-corrected chi connectivity index (χ0v) is 18.2. The highest BCUT2D eigenvalue weighted by Gasteiger charge is 2.17. The topological polar surface area (TPSA) is 106 Å². The van der Waals surface area contributed by atoms with E-state index in [2.05, 4.69) is 20.9 Å². The zero-order chi connectivity index (χ0) is 22.3. The van der Waals surface area contributed by atoms with Crippen molar-refractivity contribution in [2.24, 2.45) is 0 Å². The molecule has 0 radical (unpaired) electrons. The van der Waals surface area contributed by atoms with Gasteiger partial charge in [-0.2, -0.15) is 0 Å². The van der Waals surface area contributed by atoms with E-state index in [1.165, 1.54) is 50.4 Å². The first-order chi connectivity index (χ1) is 14.2. The lowest BCUT2D eigenvalue weighted by molar-refractivity contribution is -0.127. The first-order valence-corrected chi connectivity index (χ1v) is 9.59. The fraction of sp³-hybridized carbons (Fsp3) is 0.158. The maximum atomic E-state index is 12.2. The second-order valence-electron chi connectivity index (χ2n) is 5.80. The number of methoxy groups -OCH3 is 1. The van der Waals surface area contributed by atoms with Crippen LogP contribution in [0.4, 0.5) is 0 Å². The van der Waals surface area contributed by atoms with Crippen LogP contribution in [0, 0.1) is 0 Å². The number of hydrazine groups is 1. The summed E-state index contributed by atoms with van der Waals surface area (Å²) in [5.41, 5.74) is 5.11. The number of amides is 2. The van der Waals surface area contributed by atoms with Gasteiger partial charge in [0, 0.05) is 10.6 Å². The maximum absolute atomic E-state index is 12.2. The number of carbonyl (C=O) groups is 3. The second-order valence-corrected chi connectivity index (χ2v) is 7.06. The number of nitrogens with one attached hydrogen (secondary N) is 3. The first-order valence-electron chi connectivity index (χ1n) is 8.42. The van der Waals surface area contributed by atoms with E-state index < -0.39 is 23.9 Å². The predicted octanol–water partition coefficient (Wildman–Crippen LogP) is 2.88. The number of ether oxygens (including phenoxy) is 2. The maximum Gasteiger partial charge on any atom is 0.337 e. The molecule has 0 bridgehead atoms. The molecule has 0 spiro atoms. The summed E-state index contributed by atoms with van der Waals surface area (Å²) in [4.78, 5) is 36.0. The van der Waals surface area contributed by atoms with Crippen LogP contribution in [-0.2, 0) is 9.53 Å². The first kappa shape index (κ1) is 23.4. The van der Waals surface area contributed by atoms with Gasteiger partial charge in [0.2, 0.25) is 0 Å². The Morgan fingerprint density at radius 1 is 1.03 bits per heavy atom. The SMILES string of the molecule is COC(=O)c1cccc(C(=O)NC(=S)NNC(=O)C(C)Oc2ccc(Cl)cc2Cl)c1. The van der Waals surface area contributed by atoms with E-state index >= 15 is 0 Å². The Morgan fingerprint density at radius 3 is 2.40 bits per heavy atom.